The number of halogens is 1. The lowest BCUT2D eigenvalue weighted by Gasteiger charge is -2.11. The molecule has 0 bridgehead atoms. The minimum atomic E-state index is -0.266. The van der Waals surface area contributed by atoms with E-state index in [4.69, 9.17) is 23.8 Å². The molecule has 1 rings (SSSR count). The van der Waals surface area contributed by atoms with Crippen LogP contribution in [-0.2, 0) is 16.0 Å². The third-order valence-electron chi connectivity index (χ3n) is 2.44. The summed E-state index contributed by atoms with van der Waals surface area (Å²) in [5.41, 5.74) is 5.75. The van der Waals surface area contributed by atoms with Gasteiger partial charge in [-0.3, -0.25) is 20.4 Å². The maximum atomic E-state index is 11.7. The van der Waals surface area contributed by atoms with Crippen molar-refractivity contribution in [1.29, 1.82) is 0 Å². The van der Waals surface area contributed by atoms with Gasteiger partial charge in [-0.05, 0) is 35.8 Å². The first-order valence-corrected chi connectivity index (χ1v) is 7.28. The number of amides is 2. The molecule has 114 valence electrons. The van der Waals surface area contributed by atoms with E-state index in [-0.39, 0.29) is 29.3 Å². The van der Waals surface area contributed by atoms with E-state index < -0.39 is 0 Å². The summed E-state index contributed by atoms with van der Waals surface area (Å²) in [7, 11) is 0. The molecular weight excluding hydrogens is 310 g/mol. The first-order chi connectivity index (χ1) is 9.86. The second-order valence-electron chi connectivity index (χ2n) is 4.95. The molecule has 0 aliphatic rings. The van der Waals surface area contributed by atoms with Crippen LogP contribution in [0.2, 0.25) is 5.02 Å². The maximum Gasteiger partial charge on any atom is 0.242 e. The quantitative estimate of drug-likeness (QED) is 0.584. The fourth-order valence-electron chi connectivity index (χ4n) is 1.54. The van der Waals surface area contributed by atoms with Gasteiger partial charge in [0.05, 0.1) is 6.42 Å². The normalized spacial score (nSPS) is 10.1. The summed E-state index contributed by atoms with van der Waals surface area (Å²) in [4.78, 5) is 23.2. The van der Waals surface area contributed by atoms with Crippen molar-refractivity contribution in [3.63, 3.8) is 0 Å². The summed E-state index contributed by atoms with van der Waals surface area (Å²) < 4.78 is 0. The highest BCUT2D eigenvalue weighted by molar-refractivity contribution is 7.80. The van der Waals surface area contributed by atoms with Crippen LogP contribution in [-0.4, -0.2) is 16.9 Å². The van der Waals surface area contributed by atoms with Gasteiger partial charge < -0.3 is 5.32 Å². The molecule has 0 fully saturated rings. The van der Waals surface area contributed by atoms with Crippen molar-refractivity contribution in [3.05, 3.63) is 34.9 Å². The number of nitrogens with one attached hydrogen (secondary N) is 3. The molecule has 0 aromatic heterocycles. The lowest BCUT2D eigenvalue weighted by molar-refractivity contribution is -0.122. The van der Waals surface area contributed by atoms with Crippen molar-refractivity contribution in [2.75, 3.05) is 0 Å². The molecule has 0 aliphatic heterocycles. The van der Waals surface area contributed by atoms with Crippen molar-refractivity contribution in [1.82, 2.24) is 16.2 Å². The van der Waals surface area contributed by atoms with E-state index in [1.165, 1.54) is 0 Å². The highest BCUT2D eigenvalue weighted by atomic mass is 35.5. The number of hydrazine groups is 1. The fourth-order valence-corrected chi connectivity index (χ4v) is 1.83. The molecule has 0 saturated heterocycles. The van der Waals surface area contributed by atoms with Crippen molar-refractivity contribution < 1.29 is 9.59 Å². The van der Waals surface area contributed by atoms with Crippen LogP contribution < -0.4 is 16.2 Å². The average Bonchev–Trinajstić information content (AvgIpc) is 2.38. The zero-order valence-corrected chi connectivity index (χ0v) is 13.5. The summed E-state index contributed by atoms with van der Waals surface area (Å²) in [5, 5.41) is 3.18. The Balaban J connectivity index is 2.31. The summed E-state index contributed by atoms with van der Waals surface area (Å²) in [6.07, 6.45) is 0.563. The van der Waals surface area contributed by atoms with E-state index in [9.17, 15) is 9.59 Å². The summed E-state index contributed by atoms with van der Waals surface area (Å²) in [6.45, 7) is 3.87. The zero-order chi connectivity index (χ0) is 15.8. The van der Waals surface area contributed by atoms with Gasteiger partial charge in [0.1, 0.15) is 0 Å². The van der Waals surface area contributed by atoms with Crippen LogP contribution in [0.1, 0.15) is 25.8 Å². The Morgan fingerprint density at radius 2 is 1.76 bits per heavy atom. The van der Waals surface area contributed by atoms with E-state index in [1.54, 1.807) is 24.3 Å². The van der Waals surface area contributed by atoms with Crippen LogP contribution in [0.3, 0.4) is 0 Å². The van der Waals surface area contributed by atoms with Crippen molar-refractivity contribution >= 4 is 40.7 Å². The Hall–Kier alpha value is -1.66. The van der Waals surface area contributed by atoms with Crippen molar-refractivity contribution in [2.45, 2.75) is 26.7 Å². The molecule has 3 N–H and O–H groups in total. The molecule has 0 atom stereocenters. The number of rotatable bonds is 4. The first-order valence-electron chi connectivity index (χ1n) is 6.50. The lowest BCUT2D eigenvalue weighted by Crippen LogP contribution is -2.49. The van der Waals surface area contributed by atoms with Gasteiger partial charge in [0.2, 0.25) is 11.8 Å². The third kappa shape index (κ3) is 7.63. The van der Waals surface area contributed by atoms with Gasteiger partial charge in [0.25, 0.3) is 0 Å². The topological polar surface area (TPSA) is 70.2 Å². The van der Waals surface area contributed by atoms with Crippen LogP contribution >= 0.6 is 23.8 Å². The molecule has 0 heterocycles. The second kappa shape index (κ2) is 8.59. The number of thiocarbonyl (C=S) groups is 1. The summed E-state index contributed by atoms with van der Waals surface area (Å²) in [6, 6.07) is 6.97. The second-order valence-corrected chi connectivity index (χ2v) is 5.80. The first kappa shape index (κ1) is 17.4. The van der Waals surface area contributed by atoms with Crippen LogP contribution in [0, 0.1) is 5.92 Å². The average molecular weight is 328 g/mol. The molecule has 0 radical (unpaired) electrons. The standard InChI is InChI=1S/C14H18ClN3O2S/c1-9(2)7-12(19)16-14(21)18-17-13(20)8-10-3-5-11(15)6-4-10/h3-6,9H,7-8H2,1-2H3,(H,17,20)(H2,16,18,19,21). The fraction of sp³-hybridized carbons (Fsp3) is 0.357. The predicted octanol–water partition coefficient (Wildman–Crippen LogP) is 1.95. The molecule has 1 aromatic carbocycles. The van der Waals surface area contributed by atoms with Gasteiger partial charge in [0.15, 0.2) is 5.11 Å². The van der Waals surface area contributed by atoms with Gasteiger partial charge in [-0.25, -0.2) is 0 Å². The van der Waals surface area contributed by atoms with E-state index in [0.29, 0.717) is 11.4 Å². The molecular formula is C14H18ClN3O2S. The Morgan fingerprint density at radius 3 is 2.33 bits per heavy atom. The van der Waals surface area contributed by atoms with E-state index in [2.05, 4.69) is 16.2 Å². The van der Waals surface area contributed by atoms with E-state index in [0.717, 1.165) is 5.56 Å². The van der Waals surface area contributed by atoms with Crippen LogP contribution in [0.4, 0.5) is 0 Å². The molecule has 0 unspecified atom stereocenters. The Morgan fingerprint density at radius 1 is 1.14 bits per heavy atom. The lowest BCUT2D eigenvalue weighted by atomic mass is 10.1. The number of carbonyl (C=O) groups excluding carboxylic acids is 2. The minimum Gasteiger partial charge on any atom is -0.302 e. The zero-order valence-electron chi connectivity index (χ0n) is 11.9. The SMILES string of the molecule is CC(C)CC(=O)NC(=S)NNC(=O)Cc1ccc(Cl)cc1. The molecule has 0 aliphatic carbocycles. The Bertz CT molecular complexity index is 517. The summed E-state index contributed by atoms with van der Waals surface area (Å²) in [5.74, 6) is -0.209. The molecule has 1 aromatic rings. The third-order valence-corrected chi connectivity index (χ3v) is 2.90. The summed E-state index contributed by atoms with van der Waals surface area (Å²) >= 11 is 10.7. The highest BCUT2D eigenvalue weighted by Gasteiger charge is 2.08. The molecule has 0 saturated carbocycles. The van der Waals surface area contributed by atoms with Gasteiger partial charge in [-0.2, -0.15) is 0 Å². The van der Waals surface area contributed by atoms with Crippen LogP contribution in [0.25, 0.3) is 0 Å². The van der Waals surface area contributed by atoms with Crippen molar-refractivity contribution in [3.8, 4) is 0 Å². The Labute approximate surface area is 134 Å². The van der Waals surface area contributed by atoms with E-state index >= 15 is 0 Å². The van der Waals surface area contributed by atoms with Crippen molar-refractivity contribution in [2.24, 2.45) is 5.92 Å². The molecule has 5 nitrogen and oxygen atoms in total. The molecule has 7 heteroatoms. The van der Waals surface area contributed by atoms with E-state index in [1.807, 2.05) is 13.8 Å². The van der Waals surface area contributed by atoms with Gasteiger partial charge in [-0.15, -0.1) is 0 Å². The Kier molecular flexibility index (Phi) is 7.11. The van der Waals surface area contributed by atoms with Gasteiger partial charge in [0, 0.05) is 11.4 Å². The molecule has 21 heavy (non-hydrogen) atoms. The van der Waals surface area contributed by atoms with Crippen LogP contribution in [0.15, 0.2) is 24.3 Å². The number of carbonyl (C=O) groups is 2. The number of benzene rings is 1. The predicted molar refractivity (Wildman–Crippen MR) is 86.6 cm³/mol. The number of hydrogen-bond acceptors (Lipinski definition) is 3. The molecule has 2 amide bonds. The highest BCUT2D eigenvalue weighted by Crippen LogP contribution is 2.09. The van der Waals surface area contributed by atoms with Gasteiger partial charge in [-0.1, -0.05) is 37.6 Å². The molecule has 0 spiro atoms. The minimum absolute atomic E-state index is 0.0742. The van der Waals surface area contributed by atoms with Gasteiger partial charge >= 0.3 is 0 Å². The maximum absolute atomic E-state index is 11.7. The largest absolute Gasteiger partial charge is 0.302 e. The van der Waals surface area contributed by atoms with Crippen LogP contribution in [0.5, 0.6) is 0 Å². The number of hydrogen-bond donors (Lipinski definition) is 3. The monoisotopic (exact) mass is 327 g/mol. The smallest absolute Gasteiger partial charge is 0.242 e.